The molecule has 0 unspecified atom stereocenters. The Balaban J connectivity index is 0.00000341. The summed E-state index contributed by atoms with van der Waals surface area (Å²) >= 11 is 3.35. The molecule has 0 atom stereocenters. The molecule has 2 aromatic carbocycles. The Labute approximate surface area is 193 Å². The van der Waals surface area contributed by atoms with Crippen molar-refractivity contribution in [2.45, 2.75) is 4.90 Å². The minimum atomic E-state index is -3.83. The van der Waals surface area contributed by atoms with Crippen LogP contribution in [0.15, 0.2) is 86.3 Å². The molecule has 0 spiro atoms. The van der Waals surface area contributed by atoms with Crippen LogP contribution in [0.3, 0.4) is 0 Å². The summed E-state index contributed by atoms with van der Waals surface area (Å²) in [5.74, 6) is -0.0553. The van der Waals surface area contributed by atoms with Gasteiger partial charge in [0.2, 0.25) is 17.9 Å². The van der Waals surface area contributed by atoms with Gasteiger partial charge in [-0.3, -0.25) is 0 Å². The molecule has 0 aliphatic rings. The average Bonchev–Trinajstić information content (AvgIpc) is 2.70. The van der Waals surface area contributed by atoms with Gasteiger partial charge in [0.15, 0.2) is 0 Å². The molecule has 1 heterocycles. The number of anilines is 2. The Morgan fingerprint density at radius 1 is 0.968 bits per heavy atom. The fourth-order valence-corrected chi connectivity index (χ4v) is 3.44. The van der Waals surface area contributed by atoms with Gasteiger partial charge in [-0.05, 0) is 54.6 Å². The fraction of sp³-hybridized carbons (Fsp3) is 0. The van der Waals surface area contributed by atoms with Gasteiger partial charge in [-0.1, -0.05) is 15.9 Å². The SMILES string of the molecule is Cl.NC(=Nc1ccc(S(=O)(=O)Nc2ncccn2)cc1)/N=C(/N)Nc1ccc(Br)cc1. The van der Waals surface area contributed by atoms with E-state index in [1.165, 1.54) is 36.7 Å². The lowest BCUT2D eigenvalue weighted by atomic mass is 10.3. The molecule has 10 nitrogen and oxygen atoms in total. The highest BCUT2D eigenvalue weighted by Gasteiger charge is 2.15. The normalized spacial score (nSPS) is 12.0. The summed E-state index contributed by atoms with van der Waals surface area (Å²) in [7, 11) is -3.83. The molecule has 0 aliphatic heterocycles. The number of aromatic nitrogens is 2. The first-order chi connectivity index (χ1) is 14.3. The van der Waals surface area contributed by atoms with Crippen LogP contribution in [0.1, 0.15) is 0 Å². The second kappa shape index (κ2) is 10.7. The number of rotatable bonds is 5. The van der Waals surface area contributed by atoms with Crippen molar-refractivity contribution in [1.82, 2.24) is 9.97 Å². The monoisotopic (exact) mass is 524 g/mol. The van der Waals surface area contributed by atoms with Gasteiger partial charge in [0, 0.05) is 22.6 Å². The van der Waals surface area contributed by atoms with Crippen LogP contribution in [-0.2, 0) is 10.0 Å². The molecule has 31 heavy (non-hydrogen) atoms. The van der Waals surface area contributed by atoms with Gasteiger partial charge in [-0.25, -0.2) is 28.1 Å². The maximum absolute atomic E-state index is 12.4. The van der Waals surface area contributed by atoms with Crippen LogP contribution in [0, 0.1) is 0 Å². The van der Waals surface area contributed by atoms with E-state index in [1.54, 1.807) is 6.07 Å². The molecule has 0 bridgehead atoms. The van der Waals surface area contributed by atoms with Crippen LogP contribution >= 0.6 is 28.3 Å². The molecule has 0 saturated carbocycles. The minimum Gasteiger partial charge on any atom is -0.369 e. The maximum atomic E-state index is 12.4. The molecule has 3 aromatic rings. The highest BCUT2D eigenvalue weighted by Crippen LogP contribution is 2.18. The minimum absolute atomic E-state index is 0. The Morgan fingerprint density at radius 3 is 2.19 bits per heavy atom. The van der Waals surface area contributed by atoms with E-state index >= 15 is 0 Å². The van der Waals surface area contributed by atoms with E-state index in [9.17, 15) is 8.42 Å². The van der Waals surface area contributed by atoms with E-state index in [0.717, 1.165) is 10.2 Å². The van der Waals surface area contributed by atoms with Gasteiger partial charge in [0.25, 0.3) is 10.0 Å². The Kier molecular flexibility index (Phi) is 8.30. The summed E-state index contributed by atoms with van der Waals surface area (Å²) in [6.45, 7) is 0. The third kappa shape index (κ3) is 7.20. The van der Waals surface area contributed by atoms with E-state index in [2.05, 4.69) is 45.9 Å². The van der Waals surface area contributed by atoms with Crippen LogP contribution in [0.4, 0.5) is 17.3 Å². The molecule has 0 fully saturated rings. The second-order valence-corrected chi connectivity index (χ2v) is 8.37. The molecular formula is C18H18BrClN8O2S. The van der Waals surface area contributed by atoms with Crippen LogP contribution < -0.4 is 21.5 Å². The molecule has 13 heteroatoms. The molecule has 0 radical (unpaired) electrons. The molecule has 0 amide bonds. The topological polar surface area (TPSA) is 161 Å². The molecule has 162 valence electrons. The highest BCUT2D eigenvalue weighted by atomic mass is 79.9. The number of nitrogens with two attached hydrogens (primary N) is 2. The van der Waals surface area contributed by atoms with Gasteiger partial charge in [0.05, 0.1) is 10.6 Å². The van der Waals surface area contributed by atoms with Crippen molar-refractivity contribution in [3.8, 4) is 0 Å². The predicted octanol–water partition coefficient (Wildman–Crippen LogP) is 2.83. The quantitative estimate of drug-likeness (QED) is 0.294. The molecular weight excluding hydrogens is 508 g/mol. The van der Waals surface area contributed by atoms with Crippen molar-refractivity contribution in [1.29, 1.82) is 0 Å². The standard InChI is InChI=1S/C18H17BrN8O2S.ClH/c19-12-2-4-13(5-3-12)24-16(20)26-17(21)25-14-6-8-15(9-7-14)30(28,29)27-18-22-10-1-11-23-18;/h1-11H,(H,22,23,27)(H5,20,21,24,25,26);1H. The van der Waals surface area contributed by atoms with Crippen LogP contribution in [0.25, 0.3) is 0 Å². The Bertz CT molecular complexity index is 1170. The molecule has 1 aromatic heterocycles. The van der Waals surface area contributed by atoms with E-state index < -0.39 is 10.0 Å². The first kappa shape index (κ1) is 24.1. The Morgan fingerprint density at radius 2 is 1.58 bits per heavy atom. The smallest absolute Gasteiger partial charge is 0.264 e. The van der Waals surface area contributed by atoms with Gasteiger partial charge >= 0.3 is 0 Å². The molecule has 3 rings (SSSR count). The van der Waals surface area contributed by atoms with Crippen molar-refractivity contribution in [2.75, 3.05) is 10.0 Å². The molecule has 0 aliphatic carbocycles. The fourth-order valence-electron chi connectivity index (χ4n) is 2.22. The van der Waals surface area contributed by atoms with Crippen LogP contribution in [0.2, 0.25) is 0 Å². The largest absolute Gasteiger partial charge is 0.369 e. The van der Waals surface area contributed by atoms with Crippen molar-refractivity contribution in [2.24, 2.45) is 21.5 Å². The summed E-state index contributed by atoms with van der Waals surface area (Å²) in [6, 6.07) is 14.6. The van der Waals surface area contributed by atoms with Crippen LogP contribution in [0.5, 0.6) is 0 Å². The summed E-state index contributed by atoms with van der Waals surface area (Å²) in [4.78, 5) is 15.8. The number of sulfonamides is 1. The number of halogens is 2. The zero-order valence-corrected chi connectivity index (χ0v) is 19.0. The van der Waals surface area contributed by atoms with E-state index in [1.807, 2.05) is 24.3 Å². The Hall–Kier alpha value is -3.22. The van der Waals surface area contributed by atoms with Crippen molar-refractivity contribution in [3.05, 3.63) is 71.5 Å². The molecule has 0 saturated heterocycles. The summed E-state index contributed by atoms with van der Waals surface area (Å²) in [5.41, 5.74) is 12.8. The summed E-state index contributed by atoms with van der Waals surface area (Å²) < 4.78 is 28.0. The van der Waals surface area contributed by atoms with Gasteiger partial charge in [0.1, 0.15) is 0 Å². The number of guanidine groups is 2. The summed E-state index contributed by atoms with van der Waals surface area (Å²) in [5, 5.41) is 2.88. The van der Waals surface area contributed by atoms with E-state index in [4.69, 9.17) is 11.5 Å². The third-order valence-electron chi connectivity index (χ3n) is 3.53. The van der Waals surface area contributed by atoms with Crippen molar-refractivity contribution >= 4 is 67.6 Å². The number of nitrogens with zero attached hydrogens (tertiary/aromatic N) is 4. The molecule has 6 N–H and O–H groups in total. The number of benzene rings is 2. The summed E-state index contributed by atoms with van der Waals surface area (Å²) in [6.07, 6.45) is 2.87. The first-order valence-corrected chi connectivity index (χ1v) is 10.7. The van der Waals surface area contributed by atoms with Gasteiger partial charge in [-0.2, -0.15) is 4.99 Å². The van der Waals surface area contributed by atoms with Crippen molar-refractivity contribution in [3.63, 3.8) is 0 Å². The van der Waals surface area contributed by atoms with Crippen LogP contribution in [-0.4, -0.2) is 30.3 Å². The van der Waals surface area contributed by atoms with Crippen molar-refractivity contribution < 1.29 is 8.42 Å². The predicted molar refractivity (Wildman–Crippen MR) is 127 cm³/mol. The lowest BCUT2D eigenvalue weighted by Gasteiger charge is -2.06. The second-order valence-electron chi connectivity index (χ2n) is 5.77. The first-order valence-electron chi connectivity index (χ1n) is 8.43. The van der Waals surface area contributed by atoms with Gasteiger partial charge < -0.3 is 16.8 Å². The zero-order valence-electron chi connectivity index (χ0n) is 15.8. The zero-order chi connectivity index (χ0) is 21.6. The lowest BCUT2D eigenvalue weighted by molar-refractivity contribution is 0.601. The number of aliphatic imine (C=N–C) groups is 2. The lowest BCUT2D eigenvalue weighted by Crippen LogP contribution is -2.26. The third-order valence-corrected chi connectivity index (χ3v) is 5.41. The van der Waals surface area contributed by atoms with E-state index in [-0.39, 0.29) is 35.2 Å². The number of hydrogen-bond acceptors (Lipinski definition) is 5. The van der Waals surface area contributed by atoms with E-state index in [0.29, 0.717) is 5.69 Å². The number of nitrogens with one attached hydrogen (secondary N) is 2. The highest BCUT2D eigenvalue weighted by molar-refractivity contribution is 9.10. The average molecular weight is 526 g/mol. The number of hydrogen-bond donors (Lipinski definition) is 4. The maximum Gasteiger partial charge on any atom is 0.264 e. The van der Waals surface area contributed by atoms with Gasteiger partial charge in [-0.15, -0.1) is 12.4 Å².